The summed E-state index contributed by atoms with van der Waals surface area (Å²) in [7, 11) is 0. The third-order valence-corrected chi connectivity index (χ3v) is 4.99. The molecule has 0 aliphatic carbocycles. The van der Waals surface area contributed by atoms with Crippen molar-refractivity contribution >= 4 is 40.5 Å². The third-order valence-electron chi connectivity index (χ3n) is 4.10. The highest BCUT2D eigenvalue weighted by atomic mass is 32.2. The summed E-state index contributed by atoms with van der Waals surface area (Å²) in [6, 6.07) is 7.01. The predicted molar refractivity (Wildman–Crippen MR) is 106 cm³/mol. The van der Waals surface area contributed by atoms with E-state index in [2.05, 4.69) is 29.6 Å². The lowest BCUT2D eigenvalue weighted by molar-refractivity contribution is -0.149. The van der Waals surface area contributed by atoms with Gasteiger partial charge in [0, 0.05) is 36.6 Å². The first kappa shape index (κ1) is 21.5. The fourth-order valence-electron chi connectivity index (χ4n) is 2.56. The van der Waals surface area contributed by atoms with Crippen molar-refractivity contribution in [1.29, 1.82) is 0 Å². The van der Waals surface area contributed by atoms with Gasteiger partial charge in [0.05, 0.1) is 0 Å². The van der Waals surface area contributed by atoms with Gasteiger partial charge in [-0.3, -0.25) is 30.0 Å². The maximum Gasteiger partial charge on any atom is 0.326 e. The van der Waals surface area contributed by atoms with Crippen molar-refractivity contribution in [3.63, 3.8) is 0 Å². The molecule has 2 N–H and O–H groups in total. The lowest BCUT2D eigenvalue weighted by Gasteiger charge is -2.21. The monoisotopic (exact) mass is 408 g/mol. The Kier molecular flexibility index (Phi) is 8.12. The van der Waals surface area contributed by atoms with E-state index in [0.717, 1.165) is 30.5 Å². The minimum absolute atomic E-state index is 0.180. The van der Waals surface area contributed by atoms with Gasteiger partial charge in [0.25, 0.3) is 17.1 Å². The maximum absolute atomic E-state index is 12.1. The highest BCUT2D eigenvalue weighted by Gasteiger charge is 2.24. The van der Waals surface area contributed by atoms with E-state index in [4.69, 9.17) is 4.74 Å². The molecular weight excluding hydrogens is 384 g/mol. The molecule has 3 amide bonds. The summed E-state index contributed by atoms with van der Waals surface area (Å²) >= 11 is 1.14. The minimum atomic E-state index is -0.677. The van der Waals surface area contributed by atoms with Crippen LogP contribution in [-0.4, -0.2) is 66.5 Å². The number of anilines is 1. The number of hydrogen-bond acceptors (Lipinski definition) is 7. The second-order valence-electron chi connectivity index (χ2n) is 5.92. The van der Waals surface area contributed by atoms with Crippen LogP contribution in [0.5, 0.6) is 0 Å². The van der Waals surface area contributed by atoms with Gasteiger partial charge in [-0.15, -0.1) is 0 Å². The van der Waals surface area contributed by atoms with Crippen molar-refractivity contribution in [3.05, 3.63) is 29.8 Å². The van der Waals surface area contributed by atoms with Crippen LogP contribution >= 0.6 is 11.8 Å². The SMILES string of the molecule is CCN(CC)c1ccc(C(=O)NNC(=O)COC(=O)CN2CCSC2=O)cc1. The first-order valence-corrected chi connectivity index (χ1v) is 9.94. The predicted octanol–water partition coefficient (Wildman–Crippen LogP) is 1.01. The first-order chi connectivity index (χ1) is 13.4. The van der Waals surface area contributed by atoms with E-state index >= 15 is 0 Å². The molecule has 1 fully saturated rings. The number of benzene rings is 1. The van der Waals surface area contributed by atoms with Gasteiger partial charge in [0.15, 0.2) is 6.61 Å². The van der Waals surface area contributed by atoms with E-state index in [0.29, 0.717) is 17.9 Å². The van der Waals surface area contributed by atoms with Crippen molar-refractivity contribution in [1.82, 2.24) is 15.8 Å². The van der Waals surface area contributed by atoms with Crippen LogP contribution in [-0.2, 0) is 14.3 Å². The quantitative estimate of drug-likeness (QED) is 0.488. The van der Waals surface area contributed by atoms with E-state index in [1.807, 2.05) is 12.1 Å². The molecule has 0 bridgehead atoms. The summed E-state index contributed by atoms with van der Waals surface area (Å²) in [5.41, 5.74) is 5.85. The van der Waals surface area contributed by atoms with Crippen LogP contribution in [0, 0.1) is 0 Å². The van der Waals surface area contributed by atoms with Crippen LogP contribution in [0.2, 0.25) is 0 Å². The summed E-state index contributed by atoms with van der Waals surface area (Å²) in [4.78, 5) is 50.3. The second kappa shape index (κ2) is 10.5. The molecule has 0 saturated carbocycles. The minimum Gasteiger partial charge on any atom is -0.454 e. The molecule has 1 heterocycles. The smallest absolute Gasteiger partial charge is 0.326 e. The number of carbonyl (C=O) groups is 4. The largest absolute Gasteiger partial charge is 0.454 e. The number of thioether (sulfide) groups is 1. The maximum atomic E-state index is 12.1. The molecule has 152 valence electrons. The zero-order valence-electron chi connectivity index (χ0n) is 15.9. The number of rotatable bonds is 8. The van der Waals surface area contributed by atoms with Gasteiger partial charge < -0.3 is 14.5 Å². The number of carbonyl (C=O) groups excluding carboxylic acids is 4. The van der Waals surface area contributed by atoms with Gasteiger partial charge in [-0.25, -0.2) is 0 Å². The van der Waals surface area contributed by atoms with Gasteiger partial charge in [-0.05, 0) is 38.1 Å². The van der Waals surface area contributed by atoms with Gasteiger partial charge in [-0.1, -0.05) is 11.8 Å². The Bertz CT molecular complexity index is 721. The highest BCUT2D eigenvalue weighted by molar-refractivity contribution is 8.13. The molecule has 1 aromatic rings. The zero-order chi connectivity index (χ0) is 20.5. The molecule has 2 rings (SSSR count). The highest BCUT2D eigenvalue weighted by Crippen LogP contribution is 2.16. The van der Waals surface area contributed by atoms with Crippen molar-refractivity contribution in [2.45, 2.75) is 13.8 Å². The fourth-order valence-corrected chi connectivity index (χ4v) is 3.39. The number of hydrogen-bond donors (Lipinski definition) is 2. The van der Waals surface area contributed by atoms with Gasteiger partial charge in [-0.2, -0.15) is 0 Å². The van der Waals surface area contributed by atoms with Crippen LogP contribution in [0.3, 0.4) is 0 Å². The van der Waals surface area contributed by atoms with Crippen molar-refractivity contribution in [2.24, 2.45) is 0 Å². The summed E-state index contributed by atoms with van der Waals surface area (Å²) in [5.74, 6) is -1.20. The lowest BCUT2D eigenvalue weighted by atomic mass is 10.2. The molecule has 10 heteroatoms. The molecule has 1 aliphatic heterocycles. The summed E-state index contributed by atoms with van der Waals surface area (Å²) in [6.07, 6.45) is 0. The molecule has 0 atom stereocenters. The van der Waals surface area contributed by atoms with E-state index < -0.39 is 24.4 Å². The van der Waals surface area contributed by atoms with Gasteiger partial charge in [0.2, 0.25) is 0 Å². The topological polar surface area (TPSA) is 108 Å². The summed E-state index contributed by atoms with van der Waals surface area (Å²) in [6.45, 7) is 5.57. The fraction of sp³-hybridized carbons (Fsp3) is 0.444. The number of nitrogens with zero attached hydrogens (tertiary/aromatic N) is 2. The van der Waals surface area contributed by atoms with E-state index in [9.17, 15) is 19.2 Å². The van der Waals surface area contributed by atoms with Crippen LogP contribution < -0.4 is 15.8 Å². The molecule has 9 nitrogen and oxygen atoms in total. The Labute approximate surface area is 167 Å². The van der Waals surface area contributed by atoms with Crippen LogP contribution in [0.1, 0.15) is 24.2 Å². The Morgan fingerprint density at radius 3 is 2.39 bits per heavy atom. The molecule has 0 spiro atoms. The van der Waals surface area contributed by atoms with Crippen molar-refractivity contribution in [2.75, 3.05) is 43.4 Å². The van der Waals surface area contributed by atoms with E-state index in [1.54, 1.807) is 12.1 Å². The number of nitrogens with one attached hydrogen (secondary N) is 2. The number of amides is 3. The van der Waals surface area contributed by atoms with Gasteiger partial charge >= 0.3 is 5.97 Å². The van der Waals surface area contributed by atoms with E-state index in [-0.39, 0.29) is 11.8 Å². The van der Waals surface area contributed by atoms with Crippen LogP contribution in [0.4, 0.5) is 10.5 Å². The molecule has 1 aliphatic rings. The molecule has 1 saturated heterocycles. The van der Waals surface area contributed by atoms with Crippen LogP contribution in [0.15, 0.2) is 24.3 Å². The molecule has 0 radical (unpaired) electrons. The molecular formula is C18H24N4O5S. The molecule has 0 unspecified atom stereocenters. The third kappa shape index (κ3) is 6.15. The van der Waals surface area contributed by atoms with Crippen molar-refractivity contribution < 1.29 is 23.9 Å². The van der Waals surface area contributed by atoms with Crippen molar-refractivity contribution in [3.8, 4) is 0 Å². The normalized spacial score (nSPS) is 13.2. The Morgan fingerprint density at radius 1 is 1.14 bits per heavy atom. The summed E-state index contributed by atoms with van der Waals surface area (Å²) in [5, 5.41) is -0.180. The molecule has 1 aromatic carbocycles. The van der Waals surface area contributed by atoms with Gasteiger partial charge in [0.1, 0.15) is 6.54 Å². The first-order valence-electron chi connectivity index (χ1n) is 8.96. The average molecular weight is 408 g/mol. The second-order valence-corrected chi connectivity index (χ2v) is 6.96. The standard InChI is InChI=1S/C18H24N4O5S/c1-3-21(4-2)14-7-5-13(6-8-14)17(25)20-19-15(23)12-27-16(24)11-22-9-10-28-18(22)26/h5-8H,3-4,9-12H2,1-2H3,(H,19,23)(H,20,25). The summed E-state index contributed by atoms with van der Waals surface area (Å²) < 4.78 is 4.81. The van der Waals surface area contributed by atoms with E-state index in [1.165, 1.54) is 4.90 Å². The Hall–Kier alpha value is -2.75. The van der Waals surface area contributed by atoms with Crippen LogP contribution in [0.25, 0.3) is 0 Å². The Morgan fingerprint density at radius 2 is 1.82 bits per heavy atom. The molecule has 28 heavy (non-hydrogen) atoms. The lowest BCUT2D eigenvalue weighted by Crippen LogP contribution is -2.44. The number of ether oxygens (including phenoxy) is 1. The number of hydrazine groups is 1. The zero-order valence-corrected chi connectivity index (χ0v) is 16.7. The number of esters is 1. The average Bonchev–Trinajstić information content (AvgIpc) is 3.10. The Balaban J connectivity index is 1.72. The molecule has 0 aromatic heterocycles.